The lowest BCUT2D eigenvalue weighted by Crippen LogP contribution is -2.26. The number of aromatic nitrogens is 1. The molecule has 1 aromatic carbocycles. The Balaban J connectivity index is 1.61. The molecule has 9 nitrogen and oxygen atoms in total. The number of sulfonamides is 1. The standard InChI is InChI=1S/C18H22N4O5S/c19-28(26,27)15-7-4-13(5-8-15)17(24)20-10-2-1-3-11-21-18(25)14-6-9-16(23)22-12-14/h4-9,12H,1-3,10-11H2,(H,20,24)(H,21,25)(H,22,23)(H2,19,26,27). The Morgan fingerprint density at radius 3 is 1.93 bits per heavy atom. The second kappa shape index (κ2) is 9.81. The molecule has 0 atom stereocenters. The zero-order valence-corrected chi connectivity index (χ0v) is 15.9. The Labute approximate surface area is 163 Å². The lowest BCUT2D eigenvalue weighted by molar-refractivity contribution is 0.0947. The van der Waals surface area contributed by atoms with Crippen LogP contribution in [0.5, 0.6) is 5.88 Å². The Kier molecular flexibility index (Phi) is 7.47. The van der Waals surface area contributed by atoms with Crippen LogP contribution in [-0.4, -0.2) is 43.4 Å². The number of carbonyl (C=O) groups is 2. The lowest BCUT2D eigenvalue weighted by Gasteiger charge is -2.07. The number of unbranched alkanes of at least 4 members (excludes halogenated alkanes) is 2. The highest BCUT2D eigenvalue weighted by Crippen LogP contribution is 2.09. The highest BCUT2D eigenvalue weighted by molar-refractivity contribution is 7.89. The van der Waals surface area contributed by atoms with E-state index in [4.69, 9.17) is 10.2 Å². The van der Waals surface area contributed by atoms with E-state index in [0.717, 1.165) is 19.3 Å². The smallest absolute Gasteiger partial charge is 0.252 e. The molecular weight excluding hydrogens is 384 g/mol. The van der Waals surface area contributed by atoms with Crippen molar-refractivity contribution in [2.45, 2.75) is 24.2 Å². The zero-order valence-electron chi connectivity index (χ0n) is 15.1. The summed E-state index contributed by atoms with van der Waals surface area (Å²) in [6, 6.07) is 8.22. The minimum atomic E-state index is -3.78. The topological polar surface area (TPSA) is 151 Å². The van der Waals surface area contributed by atoms with Gasteiger partial charge in [0.15, 0.2) is 0 Å². The first kappa shape index (κ1) is 21.3. The molecule has 28 heavy (non-hydrogen) atoms. The summed E-state index contributed by atoms with van der Waals surface area (Å²) in [5.41, 5.74) is 0.723. The van der Waals surface area contributed by atoms with Gasteiger partial charge in [0.25, 0.3) is 11.8 Å². The molecule has 0 bridgehead atoms. The Hall–Kier alpha value is -2.98. The molecule has 0 aliphatic carbocycles. The third kappa shape index (κ3) is 6.63. The van der Waals surface area contributed by atoms with Crippen LogP contribution in [0, 0.1) is 0 Å². The number of benzene rings is 1. The number of hydrogen-bond donors (Lipinski definition) is 4. The van der Waals surface area contributed by atoms with E-state index in [9.17, 15) is 18.0 Å². The van der Waals surface area contributed by atoms with Crippen LogP contribution in [0.1, 0.15) is 40.0 Å². The minimum Gasteiger partial charge on any atom is -0.493 e. The molecule has 0 radical (unpaired) electrons. The maximum absolute atomic E-state index is 12.0. The van der Waals surface area contributed by atoms with Crippen molar-refractivity contribution in [2.75, 3.05) is 13.1 Å². The SMILES string of the molecule is NS(=O)(=O)c1ccc(C(=O)NCCCCCNC(=O)c2ccc(O)nc2)cc1. The number of nitrogens with one attached hydrogen (secondary N) is 2. The number of amides is 2. The summed E-state index contributed by atoms with van der Waals surface area (Å²) in [6.07, 6.45) is 3.59. The van der Waals surface area contributed by atoms with Crippen molar-refractivity contribution in [3.8, 4) is 5.88 Å². The first-order valence-electron chi connectivity index (χ1n) is 8.61. The molecular formula is C18H22N4O5S. The molecule has 0 fully saturated rings. The number of primary sulfonamides is 1. The zero-order chi connectivity index (χ0) is 20.6. The van der Waals surface area contributed by atoms with Crippen molar-refractivity contribution in [3.63, 3.8) is 0 Å². The van der Waals surface area contributed by atoms with Crippen LogP contribution >= 0.6 is 0 Å². The van der Waals surface area contributed by atoms with Gasteiger partial charge in [0, 0.05) is 30.9 Å². The molecule has 5 N–H and O–H groups in total. The summed E-state index contributed by atoms with van der Waals surface area (Å²) in [7, 11) is -3.78. The quantitative estimate of drug-likeness (QED) is 0.451. The second-order valence-corrected chi connectivity index (χ2v) is 7.61. The van der Waals surface area contributed by atoms with Gasteiger partial charge in [-0.05, 0) is 49.6 Å². The highest BCUT2D eigenvalue weighted by atomic mass is 32.2. The van der Waals surface area contributed by atoms with Crippen molar-refractivity contribution in [3.05, 3.63) is 53.7 Å². The van der Waals surface area contributed by atoms with Crippen molar-refractivity contribution < 1.29 is 23.1 Å². The third-order valence-corrected chi connectivity index (χ3v) is 4.81. The van der Waals surface area contributed by atoms with E-state index in [-0.39, 0.29) is 22.6 Å². The van der Waals surface area contributed by atoms with E-state index in [0.29, 0.717) is 24.2 Å². The van der Waals surface area contributed by atoms with Crippen LogP contribution in [0.15, 0.2) is 47.5 Å². The van der Waals surface area contributed by atoms with Gasteiger partial charge in [0.1, 0.15) is 0 Å². The van der Waals surface area contributed by atoms with Gasteiger partial charge in [-0.15, -0.1) is 0 Å². The number of pyridine rings is 1. The van der Waals surface area contributed by atoms with Crippen molar-refractivity contribution in [1.29, 1.82) is 0 Å². The molecule has 2 amide bonds. The molecule has 0 aliphatic heterocycles. The lowest BCUT2D eigenvalue weighted by atomic mass is 10.2. The van der Waals surface area contributed by atoms with E-state index < -0.39 is 10.0 Å². The Morgan fingerprint density at radius 1 is 0.893 bits per heavy atom. The predicted octanol–water partition coefficient (Wildman–Crippen LogP) is 0.765. The number of nitrogens with two attached hydrogens (primary N) is 1. The van der Waals surface area contributed by atoms with Gasteiger partial charge in [0.05, 0.1) is 10.5 Å². The summed E-state index contributed by atoms with van der Waals surface area (Å²) in [4.78, 5) is 27.4. The van der Waals surface area contributed by atoms with E-state index in [1.54, 1.807) is 0 Å². The molecule has 0 aliphatic rings. The van der Waals surface area contributed by atoms with Crippen molar-refractivity contribution in [1.82, 2.24) is 15.6 Å². The van der Waals surface area contributed by atoms with Gasteiger partial charge in [-0.25, -0.2) is 18.5 Å². The number of rotatable bonds is 9. The molecule has 1 aromatic heterocycles. The predicted molar refractivity (Wildman–Crippen MR) is 102 cm³/mol. The monoisotopic (exact) mass is 406 g/mol. The van der Waals surface area contributed by atoms with Gasteiger partial charge in [0.2, 0.25) is 15.9 Å². The number of nitrogens with zero attached hydrogens (tertiary/aromatic N) is 1. The van der Waals surface area contributed by atoms with Gasteiger partial charge in [-0.3, -0.25) is 9.59 Å². The Morgan fingerprint density at radius 2 is 1.43 bits per heavy atom. The summed E-state index contributed by atoms with van der Waals surface area (Å²) in [5, 5.41) is 19.6. The van der Waals surface area contributed by atoms with E-state index in [1.807, 2.05) is 0 Å². The normalized spacial score (nSPS) is 11.0. The van der Waals surface area contributed by atoms with Gasteiger partial charge >= 0.3 is 0 Å². The molecule has 1 heterocycles. The van der Waals surface area contributed by atoms with E-state index in [2.05, 4.69) is 15.6 Å². The molecule has 2 rings (SSSR count). The minimum absolute atomic E-state index is 0.0471. The fourth-order valence-corrected chi connectivity index (χ4v) is 2.87. The third-order valence-electron chi connectivity index (χ3n) is 3.88. The maximum atomic E-state index is 12.0. The van der Waals surface area contributed by atoms with Crippen LogP contribution in [0.4, 0.5) is 0 Å². The molecule has 10 heteroatoms. The van der Waals surface area contributed by atoms with Crippen molar-refractivity contribution in [2.24, 2.45) is 5.14 Å². The Bertz CT molecular complexity index is 912. The molecule has 0 spiro atoms. The van der Waals surface area contributed by atoms with Crippen molar-refractivity contribution >= 4 is 21.8 Å². The molecule has 0 saturated carbocycles. The number of aromatic hydroxyl groups is 1. The molecule has 150 valence electrons. The molecule has 0 unspecified atom stereocenters. The fourth-order valence-electron chi connectivity index (χ4n) is 2.35. The van der Waals surface area contributed by atoms with Crippen LogP contribution in [0.25, 0.3) is 0 Å². The average Bonchev–Trinajstić information content (AvgIpc) is 2.67. The number of carbonyl (C=O) groups excluding carboxylic acids is 2. The summed E-state index contributed by atoms with van der Waals surface area (Å²) in [5.74, 6) is -0.697. The fraction of sp³-hybridized carbons (Fsp3) is 0.278. The first-order valence-corrected chi connectivity index (χ1v) is 10.2. The summed E-state index contributed by atoms with van der Waals surface area (Å²) in [6.45, 7) is 0.953. The van der Waals surface area contributed by atoms with Crippen LogP contribution < -0.4 is 15.8 Å². The number of hydrogen-bond acceptors (Lipinski definition) is 6. The summed E-state index contributed by atoms with van der Waals surface area (Å²) >= 11 is 0. The highest BCUT2D eigenvalue weighted by Gasteiger charge is 2.10. The molecule has 0 saturated heterocycles. The molecule has 2 aromatic rings. The first-order chi connectivity index (χ1) is 13.3. The van der Waals surface area contributed by atoms with Gasteiger partial charge in [-0.1, -0.05) is 0 Å². The summed E-state index contributed by atoms with van der Waals surface area (Å²) < 4.78 is 22.4. The van der Waals surface area contributed by atoms with Crippen LogP contribution in [0.2, 0.25) is 0 Å². The van der Waals surface area contributed by atoms with E-state index >= 15 is 0 Å². The van der Waals surface area contributed by atoms with Gasteiger partial charge < -0.3 is 15.7 Å². The maximum Gasteiger partial charge on any atom is 0.252 e. The van der Waals surface area contributed by atoms with Crippen LogP contribution in [0.3, 0.4) is 0 Å². The van der Waals surface area contributed by atoms with Gasteiger partial charge in [-0.2, -0.15) is 0 Å². The van der Waals surface area contributed by atoms with Crippen LogP contribution in [-0.2, 0) is 10.0 Å². The average molecular weight is 406 g/mol. The second-order valence-electron chi connectivity index (χ2n) is 6.05. The van der Waals surface area contributed by atoms with E-state index in [1.165, 1.54) is 42.6 Å². The largest absolute Gasteiger partial charge is 0.493 e.